The second kappa shape index (κ2) is 7.25. The van der Waals surface area contributed by atoms with Crippen LogP contribution in [0.1, 0.15) is 6.42 Å². The van der Waals surface area contributed by atoms with Gasteiger partial charge in [0.15, 0.2) is 0 Å². The van der Waals surface area contributed by atoms with Crippen LogP contribution >= 0.6 is 0 Å². The molecule has 0 saturated carbocycles. The molecule has 0 bridgehead atoms. The number of methoxy groups -OCH3 is 1. The molecule has 1 fully saturated rings. The van der Waals surface area contributed by atoms with Gasteiger partial charge in [0.05, 0.1) is 20.1 Å². The van der Waals surface area contributed by atoms with Gasteiger partial charge in [0, 0.05) is 13.1 Å². The Morgan fingerprint density at radius 2 is 2.14 bits per heavy atom. The molecule has 1 heterocycles. The molecule has 0 spiro atoms. The van der Waals surface area contributed by atoms with Gasteiger partial charge in [-0.05, 0) is 0 Å². The van der Waals surface area contributed by atoms with Gasteiger partial charge in [-0.15, -0.1) is 0 Å². The highest BCUT2D eigenvalue weighted by molar-refractivity contribution is 5.88. The minimum absolute atomic E-state index is 0.253. The summed E-state index contributed by atoms with van der Waals surface area (Å²) in [6.45, 7) is -1.32. The van der Waals surface area contributed by atoms with Gasteiger partial charge in [-0.2, -0.15) is 13.2 Å². The molecule has 2 N–H and O–H groups in total. The Kier molecular flexibility index (Phi) is 5.94. The molecular formula is C11H16F3N3O4. The van der Waals surface area contributed by atoms with Crippen molar-refractivity contribution in [1.29, 1.82) is 0 Å². The molecule has 0 unspecified atom stereocenters. The summed E-state index contributed by atoms with van der Waals surface area (Å²) in [5.74, 6) is -1.97. The summed E-state index contributed by atoms with van der Waals surface area (Å²) in [4.78, 5) is 35.7. The normalized spacial score (nSPS) is 19.8. The van der Waals surface area contributed by atoms with E-state index in [2.05, 4.69) is 10.1 Å². The number of nitrogens with one attached hydrogen (secondary N) is 2. The minimum Gasteiger partial charge on any atom is -0.469 e. The summed E-state index contributed by atoms with van der Waals surface area (Å²) in [7, 11) is 1.16. The van der Waals surface area contributed by atoms with Gasteiger partial charge in [0.2, 0.25) is 11.8 Å². The number of alkyl halides is 3. The van der Waals surface area contributed by atoms with E-state index in [4.69, 9.17) is 0 Å². The van der Waals surface area contributed by atoms with Gasteiger partial charge in [-0.25, -0.2) is 0 Å². The first kappa shape index (κ1) is 17.2. The van der Waals surface area contributed by atoms with Crippen LogP contribution in [0.15, 0.2) is 0 Å². The standard InChI is InChI=1S/C11H16F3N3O4/c1-21-9(19)4-7-10(20)15-2-3-17(7)5-8(18)16-6-11(12,13)14/h7H,2-6H2,1H3,(H,15,20)(H,16,18)/t7-/m0/s1. The summed E-state index contributed by atoms with van der Waals surface area (Å²) < 4.78 is 40.4. The number of esters is 1. The average Bonchev–Trinajstić information content (AvgIpc) is 2.39. The fraction of sp³-hybridized carbons (Fsp3) is 0.727. The Morgan fingerprint density at radius 3 is 2.71 bits per heavy atom. The van der Waals surface area contributed by atoms with E-state index in [1.54, 1.807) is 5.32 Å². The second-order valence-electron chi connectivity index (χ2n) is 4.45. The first-order chi connectivity index (χ1) is 9.73. The molecule has 120 valence electrons. The van der Waals surface area contributed by atoms with E-state index in [1.807, 2.05) is 0 Å². The van der Waals surface area contributed by atoms with E-state index in [-0.39, 0.29) is 19.5 Å². The molecule has 21 heavy (non-hydrogen) atoms. The molecule has 0 aromatic rings. The Hall–Kier alpha value is -1.84. The molecule has 7 nitrogen and oxygen atoms in total. The monoisotopic (exact) mass is 311 g/mol. The lowest BCUT2D eigenvalue weighted by Crippen LogP contribution is -2.58. The molecule has 10 heteroatoms. The molecule has 1 rings (SSSR count). The number of nitrogens with zero attached hydrogens (tertiary/aromatic N) is 1. The number of hydrogen-bond donors (Lipinski definition) is 2. The smallest absolute Gasteiger partial charge is 0.405 e. The first-order valence-electron chi connectivity index (χ1n) is 6.15. The van der Waals surface area contributed by atoms with Gasteiger partial charge in [-0.3, -0.25) is 19.3 Å². The zero-order chi connectivity index (χ0) is 16.0. The lowest BCUT2D eigenvalue weighted by molar-refractivity contribution is -0.147. The van der Waals surface area contributed by atoms with E-state index >= 15 is 0 Å². The van der Waals surface area contributed by atoms with Crippen molar-refractivity contribution in [2.24, 2.45) is 0 Å². The zero-order valence-corrected chi connectivity index (χ0v) is 11.3. The summed E-state index contributed by atoms with van der Waals surface area (Å²) in [6.07, 6.45) is -4.77. The predicted octanol–water partition coefficient (Wildman–Crippen LogP) is -0.972. The van der Waals surface area contributed by atoms with E-state index < -0.39 is 43.1 Å². The third-order valence-electron chi connectivity index (χ3n) is 2.86. The maximum atomic E-state index is 12.0. The SMILES string of the molecule is COC(=O)C[C@H]1C(=O)NCCN1CC(=O)NCC(F)(F)F. The predicted molar refractivity (Wildman–Crippen MR) is 64.1 cm³/mol. The van der Waals surface area contributed by atoms with Gasteiger partial charge in [0.1, 0.15) is 12.6 Å². The highest BCUT2D eigenvalue weighted by atomic mass is 19.4. The lowest BCUT2D eigenvalue weighted by Gasteiger charge is -2.33. The van der Waals surface area contributed by atoms with Crippen LogP contribution in [0.3, 0.4) is 0 Å². The molecule has 0 aromatic heterocycles. The zero-order valence-electron chi connectivity index (χ0n) is 11.3. The Labute approximate surface area is 118 Å². The van der Waals surface area contributed by atoms with Crippen molar-refractivity contribution in [3.05, 3.63) is 0 Å². The lowest BCUT2D eigenvalue weighted by atomic mass is 10.1. The number of amides is 2. The van der Waals surface area contributed by atoms with Gasteiger partial charge in [0.25, 0.3) is 0 Å². The van der Waals surface area contributed by atoms with Crippen molar-refractivity contribution >= 4 is 17.8 Å². The van der Waals surface area contributed by atoms with Gasteiger partial charge >= 0.3 is 12.1 Å². The van der Waals surface area contributed by atoms with Crippen molar-refractivity contribution in [2.45, 2.75) is 18.6 Å². The molecule has 0 aromatic carbocycles. The molecule has 0 radical (unpaired) electrons. The summed E-state index contributed by atoms with van der Waals surface area (Å²) in [5, 5.41) is 4.24. The number of carbonyl (C=O) groups excluding carboxylic acids is 3. The molecule has 1 aliphatic heterocycles. The fourth-order valence-corrected chi connectivity index (χ4v) is 1.85. The third-order valence-corrected chi connectivity index (χ3v) is 2.86. The summed E-state index contributed by atoms with van der Waals surface area (Å²) in [5.41, 5.74) is 0. The van der Waals surface area contributed by atoms with Crippen molar-refractivity contribution in [1.82, 2.24) is 15.5 Å². The molecule has 0 aliphatic carbocycles. The van der Waals surface area contributed by atoms with E-state index in [0.29, 0.717) is 0 Å². The maximum Gasteiger partial charge on any atom is 0.405 e. The molecule has 1 atom stereocenters. The molecule has 1 aliphatic rings. The Balaban J connectivity index is 2.58. The van der Waals surface area contributed by atoms with Crippen LogP contribution in [0.2, 0.25) is 0 Å². The Bertz CT molecular complexity index is 414. The number of rotatable bonds is 5. The maximum absolute atomic E-state index is 12.0. The van der Waals surface area contributed by atoms with Gasteiger partial charge < -0.3 is 15.4 Å². The number of piperazine rings is 1. The van der Waals surface area contributed by atoms with Crippen LogP contribution in [-0.4, -0.2) is 68.2 Å². The van der Waals surface area contributed by atoms with E-state index in [0.717, 1.165) is 7.11 Å². The third kappa shape index (κ3) is 5.98. The second-order valence-corrected chi connectivity index (χ2v) is 4.45. The van der Waals surface area contributed by atoms with Crippen LogP contribution in [0.5, 0.6) is 0 Å². The van der Waals surface area contributed by atoms with Crippen LogP contribution in [0.25, 0.3) is 0 Å². The number of ether oxygens (including phenoxy) is 1. The van der Waals surface area contributed by atoms with Crippen molar-refractivity contribution < 1.29 is 32.3 Å². The van der Waals surface area contributed by atoms with Gasteiger partial charge in [-0.1, -0.05) is 0 Å². The fourth-order valence-electron chi connectivity index (χ4n) is 1.85. The van der Waals surface area contributed by atoms with Crippen molar-refractivity contribution in [3.63, 3.8) is 0 Å². The summed E-state index contributed by atoms with van der Waals surface area (Å²) in [6, 6.07) is -0.928. The number of carbonyl (C=O) groups is 3. The Morgan fingerprint density at radius 1 is 1.48 bits per heavy atom. The van der Waals surface area contributed by atoms with Crippen LogP contribution in [0, 0.1) is 0 Å². The average molecular weight is 311 g/mol. The van der Waals surface area contributed by atoms with Crippen LogP contribution in [-0.2, 0) is 19.1 Å². The number of hydrogen-bond acceptors (Lipinski definition) is 5. The van der Waals surface area contributed by atoms with Crippen molar-refractivity contribution in [3.8, 4) is 0 Å². The number of halogens is 3. The first-order valence-corrected chi connectivity index (χ1v) is 6.15. The molecule has 1 saturated heterocycles. The summed E-state index contributed by atoms with van der Waals surface area (Å²) >= 11 is 0. The molecular weight excluding hydrogens is 295 g/mol. The topological polar surface area (TPSA) is 87.7 Å². The van der Waals surface area contributed by atoms with Crippen LogP contribution < -0.4 is 10.6 Å². The van der Waals surface area contributed by atoms with E-state index in [9.17, 15) is 27.6 Å². The quantitative estimate of drug-likeness (QED) is 0.638. The minimum atomic E-state index is -4.50. The largest absolute Gasteiger partial charge is 0.469 e. The van der Waals surface area contributed by atoms with E-state index in [1.165, 1.54) is 4.90 Å². The van der Waals surface area contributed by atoms with Crippen LogP contribution in [0.4, 0.5) is 13.2 Å². The van der Waals surface area contributed by atoms with Crippen molar-refractivity contribution in [2.75, 3.05) is 33.3 Å². The highest BCUT2D eigenvalue weighted by Gasteiger charge is 2.34. The highest BCUT2D eigenvalue weighted by Crippen LogP contribution is 2.13. The molecule has 2 amide bonds.